The van der Waals surface area contributed by atoms with Gasteiger partial charge in [0, 0.05) is 24.7 Å². The van der Waals surface area contributed by atoms with Crippen molar-refractivity contribution in [2.75, 3.05) is 31.6 Å². The number of nitrogens with zero attached hydrogens (tertiary/aromatic N) is 1. The molecule has 2 atom stereocenters. The maximum absolute atomic E-state index is 3.89. The van der Waals surface area contributed by atoms with Gasteiger partial charge in [-0.1, -0.05) is 26.7 Å². The molecular formula is C18H36N2S. The van der Waals surface area contributed by atoms with Gasteiger partial charge in [-0.25, -0.2) is 0 Å². The van der Waals surface area contributed by atoms with E-state index >= 15 is 0 Å². The number of thioether (sulfide) groups is 1. The zero-order chi connectivity index (χ0) is 15.3. The van der Waals surface area contributed by atoms with Gasteiger partial charge in [-0.15, -0.1) is 0 Å². The number of nitrogens with one attached hydrogen (secondary N) is 1. The first-order valence-corrected chi connectivity index (χ1v) is 10.4. The monoisotopic (exact) mass is 312 g/mol. The third kappa shape index (κ3) is 5.14. The molecule has 0 aromatic heterocycles. The predicted molar refractivity (Wildman–Crippen MR) is 96.2 cm³/mol. The Kier molecular flexibility index (Phi) is 6.89. The van der Waals surface area contributed by atoms with Gasteiger partial charge in [-0.05, 0) is 63.0 Å². The van der Waals surface area contributed by atoms with E-state index in [2.05, 4.69) is 37.2 Å². The molecule has 21 heavy (non-hydrogen) atoms. The molecule has 0 radical (unpaired) electrons. The van der Waals surface area contributed by atoms with E-state index in [-0.39, 0.29) is 0 Å². The summed E-state index contributed by atoms with van der Waals surface area (Å²) in [5.74, 6) is 3.04. The van der Waals surface area contributed by atoms with Gasteiger partial charge in [0.15, 0.2) is 0 Å². The Balaban J connectivity index is 1.77. The van der Waals surface area contributed by atoms with Crippen molar-refractivity contribution in [2.24, 2.45) is 11.8 Å². The van der Waals surface area contributed by atoms with E-state index in [0.717, 1.165) is 17.9 Å². The lowest BCUT2D eigenvalue weighted by molar-refractivity contribution is 0.0511. The van der Waals surface area contributed by atoms with Crippen LogP contribution >= 0.6 is 11.8 Å². The Morgan fingerprint density at radius 2 is 1.90 bits per heavy atom. The summed E-state index contributed by atoms with van der Waals surface area (Å²) < 4.78 is 0. The van der Waals surface area contributed by atoms with Crippen molar-refractivity contribution in [1.82, 2.24) is 10.2 Å². The first-order valence-electron chi connectivity index (χ1n) is 9.05. The smallest absolute Gasteiger partial charge is 0.0309 e. The van der Waals surface area contributed by atoms with Gasteiger partial charge in [-0.2, -0.15) is 11.8 Å². The fourth-order valence-electron chi connectivity index (χ4n) is 3.87. The van der Waals surface area contributed by atoms with E-state index in [0.29, 0.717) is 5.54 Å². The average molecular weight is 313 g/mol. The Morgan fingerprint density at radius 3 is 2.52 bits per heavy atom. The van der Waals surface area contributed by atoms with Crippen molar-refractivity contribution >= 4 is 11.8 Å². The normalized spacial score (nSPS) is 31.0. The number of rotatable bonds is 9. The SMILES string of the molecule is CSCCCCCCN1CC(C)(C2CC2)NCC1C(C)C. The zero-order valence-electron chi connectivity index (χ0n) is 14.7. The van der Waals surface area contributed by atoms with E-state index in [9.17, 15) is 0 Å². The van der Waals surface area contributed by atoms with Crippen molar-refractivity contribution in [1.29, 1.82) is 0 Å². The van der Waals surface area contributed by atoms with Gasteiger partial charge in [0.05, 0.1) is 0 Å². The molecule has 2 unspecified atom stereocenters. The first kappa shape index (κ1) is 17.6. The molecule has 1 aliphatic carbocycles. The average Bonchev–Trinajstić information content (AvgIpc) is 3.27. The van der Waals surface area contributed by atoms with Crippen LogP contribution in [0.1, 0.15) is 59.3 Å². The molecule has 2 aliphatic rings. The van der Waals surface area contributed by atoms with Gasteiger partial charge < -0.3 is 5.32 Å². The van der Waals surface area contributed by atoms with Gasteiger partial charge in [0.1, 0.15) is 0 Å². The Hall–Kier alpha value is 0.270. The molecule has 0 spiro atoms. The van der Waals surface area contributed by atoms with Crippen molar-refractivity contribution < 1.29 is 0 Å². The van der Waals surface area contributed by atoms with Gasteiger partial charge in [-0.3, -0.25) is 4.90 Å². The van der Waals surface area contributed by atoms with Gasteiger partial charge in [0.25, 0.3) is 0 Å². The lowest BCUT2D eigenvalue weighted by Crippen LogP contribution is -2.65. The van der Waals surface area contributed by atoms with Crippen molar-refractivity contribution in [2.45, 2.75) is 70.9 Å². The lowest BCUT2D eigenvalue weighted by atomic mass is 9.88. The number of unbranched alkanes of at least 4 members (excludes halogenated alkanes) is 3. The van der Waals surface area contributed by atoms with Gasteiger partial charge in [0.2, 0.25) is 0 Å². The molecule has 1 saturated heterocycles. The molecule has 3 heteroatoms. The van der Waals surface area contributed by atoms with Crippen LogP contribution in [0.5, 0.6) is 0 Å². The maximum atomic E-state index is 3.89. The Labute approximate surface area is 136 Å². The zero-order valence-corrected chi connectivity index (χ0v) is 15.5. The van der Waals surface area contributed by atoms with Crippen LogP contribution in [0, 0.1) is 11.8 Å². The molecule has 1 aliphatic heterocycles. The standard InChI is InChI=1S/C18H36N2S/c1-15(2)17-13-19-18(3,16-9-10-16)14-20(17)11-7-5-6-8-12-21-4/h15-17,19H,5-14H2,1-4H3. The molecular weight excluding hydrogens is 276 g/mol. The van der Waals surface area contributed by atoms with Crippen LogP contribution < -0.4 is 5.32 Å². The maximum Gasteiger partial charge on any atom is 0.0309 e. The lowest BCUT2D eigenvalue weighted by Gasteiger charge is -2.48. The van der Waals surface area contributed by atoms with Crippen LogP contribution in [0.2, 0.25) is 0 Å². The summed E-state index contributed by atoms with van der Waals surface area (Å²) in [5, 5.41) is 3.89. The summed E-state index contributed by atoms with van der Waals surface area (Å²) >= 11 is 1.98. The molecule has 0 amide bonds. The predicted octanol–water partition coefficient (Wildman–Crippen LogP) is 4.01. The number of piperazine rings is 1. The van der Waals surface area contributed by atoms with Crippen molar-refractivity contribution in [3.8, 4) is 0 Å². The summed E-state index contributed by atoms with van der Waals surface area (Å²) in [6, 6.07) is 0.739. The molecule has 124 valence electrons. The first-order chi connectivity index (χ1) is 10.1. The van der Waals surface area contributed by atoms with Gasteiger partial charge >= 0.3 is 0 Å². The highest BCUT2D eigenvalue weighted by molar-refractivity contribution is 7.98. The fourth-order valence-corrected chi connectivity index (χ4v) is 4.37. The van der Waals surface area contributed by atoms with Crippen molar-refractivity contribution in [3.63, 3.8) is 0 Å². The van der Waals surface area contributed by atoms with Crippen LogP contribution in [0.15, 0.2) is 0 Å². The highest BCUT2D eigenvalue weighted by atomic mass is 32.2. The quantitative estimate of drug-likeness (QED) is 0.648. The molecule has 2 fully saturated rings. The molecule has 1 saturated carbocycles. The molecule has 0 aromatic carbocycles. The second-order valence-corrected chi connectivity index (χ2v) is 8.75. The largest absolute Gasteiger partial charge is 0.308 e. The molecule has 1 heterocycles. The highest BCUT2D eigenvalue weighted by Gasteiger charge is 2.46. The summed E-state index contributed by atoms with van der Waals surface area (Å²) in [4.78, 5) is 2.81. The summed E-state index contributed by atoms with van der Waals surface area (Å²) in [5.41, 5.74) is 0.393. The van der Waals surface area contributed by atoms with Crippen LogP contribution in [0.3, 0.4) is 0 Å². The summed E-state index contributed by atoms with van der Waals surface area (Å²) in [7, 11) is 0. The third-order valence-corrected chi connectivity index (χ3v) is 6.20. The summed E-state index contributed by atoms with van der Waals surface area (Å²) in [6.07, 6.45) is 10.7. The minimum absolute atomic E-state index is 0.393. The number of hydrogen-bond acceptors (Lipinski definition) is 3. The second kappa shape index (κ2) is 8.21. The minimum atomic E-state index is 0.393. The van der Waals surface area contributed by atoms with Crippen LogP contribution in [0.25, 0.3) is 0 Å². The molecule has 0 bridgehead atoms. The summed E-state index contributed by atoms with van der Waals surface area (Å²) in [6.45, 7) is 11.0. The van der Waals surface area contributed by atoms with Crippen LogP contribution in [-0.2, 0) is 0 Å². The molecule has 2 rings (SSSR count). The molecule has 1 N–H and O–H groups in total. The molecule has 2 nitrogen and oxygen atoms in total. The van der Waals surface area contributed by atoms with Crippen molar-refractivity contribution in [3.05, 3.63) is 0 Å². The van der Waals surface area contributed by atoms with Crippen LogP contribution in [0.4, 0.5) is 0 Å². The van der Waals surface area contributed by atoms with E-state index < -0.39 is 0 Å². The number of hydrogen-bond donors (Lipinski definition) is 1. The minimum Gasteiger partial charge on any atom is -0.308 e. The highest BCUT2D eigenvalue weighted by Crippen LogP contribution is 2.41. The van der Waals surface area contributed by atoms with E-state index in [1.807, 2.05) is 11.8 Å². The van der Waals surface area contributed by atoms with Crippen LogP contribution in [-0.4, -0.2) is 48.1 Å². The third-order valence-electron chi connectivity index (χ3n) is 5.51. The Bertz CT molecular complexity index is 304. The fraction of sp³-hybridized carbons (Fsp3) is 1.00. The topological polar surface area (TPSA) is 15.3 Å². The van der Waals surface area contributed by atoms with E-state index in [4.69, 9.17) is 0 Å². The Morgan fingerprint density at radius 1 is 1.19 bits per heavy atom. The second-order valence-electron chi connectivity index (χ2n) is 7.76. The van der Waals surface area contributed by atoms with E-state index in [1.165, 1.54) is 63.9 Å². The molecule has 0 aromatic rings. The van der Waals surface area contributed by atoms with E-state index in [1.54, 1.807) is 0 Å².